The molecule has 9 nitrogen and oxygen atoms in total. The van der Waals surface area contributed by atoms with E-state index in [1.165, 1.54) is 12.1 Å². The van der Waals surface area contributed by atoms with Crippen LogP contribution in [0.3, 0.4) is 0 Å². The Morgan fingerprint density at radius 3 is 2.21 bits per heavy atom. The molecule has 0 amide bonds. The van der Waals surface area contributed by atoms with Crippen LogP contribution in [0.1, 0.15) is 16.1 Å². The molecule has 29 heavy (non-hydrogen) atoms. The molecule has 3 aromatic rings. The molecule has 0 unspecified atom stereocenters. The van der Waals surface area contributed by atoms with Gasteiger partial charge in [0.2, 0.25) is 0 Å². The number of benzene rings is 2. The summed E-state index contributed by atoms with van der Waals surface area (Å²) in [6.45, 7) is -0.517. The molecule has 0 saturated carbocycles. The average Bonchev–Trinajstić information content (AvgIpc) is 3.11. The van der Waals surface area contributed by atoms with E-state index < -0.39 is 46.0 Å². The highest BCUT2D eigenvalue weighted by molar-refractivity contribution is 7.81. The van der Waals surface area contributed by atoms with Gasteiger partial charge in [-0.15, -0.1) is 5.10 Å². The van der Waals surface area contributed by atoms with Crippen molar-refractivity contribution >= 4 is 16.5 Å². The third kappa shape index (κ3) is 5.01. The van der Waals surface area contributed by atoms with Crippen molar-refractivity contribution in [2.24, 2.45) is 0 Å². The van der Waals surface area contributed by atoms with Crippen molar-refractivity contribution in [1.82, 2.24) is 15.0 Å². The zero-order valence-corrected chi connectivity index (χ0v) is 14.9. The average molecular weight is 429 g/mol. The zero-order valence-electron chi connectivity index (χ0n) is 14.1. The number of carboxylic acid groups (broad SMARTS) is 1. The Hall–Kier alpha value is -3.61. The number of rotatable bonds is 7. The summed E-state index contributed by atoms with van der Waals surface area (Å²) in [5.74, 6) is -3.50. The summed E-state index contributed by atoms with van der Waals surface area (Å²) in [5.41, 5.74) is -0.900. The van der Waals surface area contributed by atoms with E-state index in [9.17, 15) is 25.9 Å². The normalized spacial score (nSPS) is 11.3. The van der Waals surface area contributed by atoms with Crippen LogP contribution in [0, 0.1) is 11.6 Å². The third-order valence-electron chi connectivity index (χ3n) is 3.51. The van der Waals surface area contributed by atoms with Crippen molar-refractivity contribution in [3.8, 4) is 17.2 Å². The van der Waals surface area contributed by atoms with Crippen molar-refractivity contribution in [2.75, 3.05) is 0 Å². The number of carboxylic acids is 1. The Bertz CT molecular complexity index is 1140. The van der Waals surface area contributed by atoms with Crippen LogP contribution in [0.2, 0.25) is 0 Å². The first-order valence-electron chi connectivity index (χ1n) is 7.63. The van der Waals surface area contributed by atoms with Gasteiger partial charge in [0.15, 0.2) is 5.69 Å². The summed E-state index contributed by atoms with van der Waals surface area (Å²) in [6, 6.07) is 6.46. The van der Waals surface area contributed by atoms with Gasteiger partial charge in [-0.25, -0.2) is 18.3 Å². The molecule has 0 radical (unpaired) electrons. The topological polar surface area (TPSA) is 121 Å². The lowest BCUT2D eigenvalue weighted by molar-refractivity contribution is 0.0690. The van der Waals surface area contributed by atoms with E-state index >= 15 is 0 Å². The minimum atomic E-state index is -5.17. The molecule has 0 saturated heterocycles. The minimum absolute atomic E-state index is 0.0855. The second kappa shape index (κ2) is 7.79. The largest absolute Gasteiger partial charge is 0.489 e. The number of hydrogen-bond acceptors (Lipinski definition) is 7. The minimum Gasteiger partial charge on any atom is -0.489 e. The second-order valence-electron chi connectivity index (χ2n) is 5.48. The van der Waals surface area contributed by atoms with Gasteiger partial charge in [-0.05, 0) is 24.3 Å². The fraction of sp³-hybridized carbons (Fsp3) is 0.0625. The number of hydrogen-bond donors (Lipinski definition) is 1. The Morgan fingerprint density at radius 1 is 1.10 bits per heavy atom. The predicted molar refractivity (Wildman–Crippen MR) is 89.7 cm³/mol. The maximum absolute atomic E-state index is 14.3. The van der Waals surface area contributed by atoms with Crippen LogP contribution in [0.5, 0.6) is 11.5 Å². The molecular weight excluding hydrogens is 419 g/mol. The Kier molecular flexibility index (Phi) is 5.41. The standard InChI is InChI=1S/C16H10F3N3O6S/c17-13-5-9(22-7-15(16(23)24)20-21-22)6-14(18)12(13)8-27-10-1-3-11(4-2-10)28-29(19,25)26/h1-7H,8H2,(H,23,24). The van der Waals surface area contributed by atoms with Gasteiger partial charge in [-0.1, -0.05) is 9.10 Å². The highest BCUT2D eigenvalue weighted by atomic mass is 32.3. The molecule has 0 fully saturated rings. The van der Waals surface area contributed by atoms with Crippen molar-refractivity contribution in [3.05, 3.63) is 65.5 Å². The number of nitrogens with zero attached hydrogens (tertiary/aromatic N) is 3. The van der Waals surface area contributed by atoms with Gasteiger partial charge in [0.25, 0.3) is 0 Å². The van der Waals surface area contributed by atoms with Crippen LogP contribution < -0.4 is 8.92 Å². The number of aromatic carboxylic acids is 1. The molecule has 2 aromatic carbocycles. The quantitative estimate of drug-likeness (QED) is 0.569. The number of halogens is 3. The summed E-state index contributed by atoms with van der Waals surface area (Å²) in [7, 11) is -5.17. The summed E-state index contributed by atoms with van der Waals surface area (Å²) in [4.78, 5) is 10.8. The molecule has 3 rings (SSSR count). The Labute approximate surface area is 161 Å². The second-order valence-corrected chi connectivity index (χ2v) is 6.43. The van der Waals surface area contributed by atoms with Crippen LogP contribution in [0.4, 0.5) is 12.7 Å². The molecule has 0 aliphatic heterocycles. The number of aromatic nitrogens is 3. The first-order valence-corrected chi connectivity index (χ1v) is 8.94. The Morgan fingerprint density at radius 2 is 1.69 bits per heavy atom. The summed E-state index contributed by atoms with van der Waals surface area (Å²) >= 11 is 0. The van der Waals surface area contributed by atoms with E-state index in [1.807, 2.05) is 0 Å². The fourth-order valence-corrected chi connectivity index (χ4v) is 2.55. The van der Waals surface area contributed by atoms with Gasteiger partial charge in [-0.3, -0.25) is 0 Å². The van der Waals surface area contributed by atoms with Gasteiger partial charge in [0.05, 0.1) is 17.4 Å². The maximum Gasteiger partial charge on any atom is 0.488 e. The van der Waals surface area contributed by atoms with E-state index in [0.29, 0.717) is 0 Å². The highest BCUT2D eigenvalue weighted by Gasteiger charge is 2.16. The molecule has 1 heterocycles. The fourth-order valence-electron chi connectivity index (χ4n) is 2.21. The van der Waals surface area contributed by atoms with Crippen LogP contribution in [0.25, 0.3) is 5.69 Å². The molecule has 13 heteroatoms. The molecule has 0 bridgehead atoms. The Balaban J connectivity index is 1.73. The molecule has 0 aliphatic carbocycles. The van der Waals surface area contributed by atoms with Crippen LogP contribution >= 0.6 is 0 Å². The molecular formula is C16H10F3N3O6S. The van der Waals surface area contributed by atoms with Crippen molar-refractivity contribution in [2.45, 2.75) is 6.61 Å². The van der Waals surface area contributed by atoms with Gasteiger partial charge in [0, 0.05) is 12.1 Å². The monoisotopic (exact) mass is 429 g/mol. The first-order chi connectivity index (χ1) is 13.6. The van der Waals surface area contributed by atoms with E-state index in [4.69, 9.17) is 9.84 Å². The van der Waals surface area contributed by atoms with Crippen molar-refractivity contribution in [1.29, 1.82) is 0 Å². The summed E-state index contributed by atoms with van der Waals surface area (Å²) in [6.07, 6.45) is 0.994. The maximum atomic E-state index is 14.3. The van der Waals surface area contributed by atoms with Crippen LogP contribution in [-0.2, 0) is 17.1 Å². The van der Waals surface area contributed by atoms with Gasteiger partial charge < -0.3 is 14.0 Å². The molecule has 0 atom stereocenters. The summed E-state index contributed by atoms with van der Waals surface area (Å²) in [5, 5.41) is 15.7. The molecule has 1 aromatic heterocycles. The molecule has 0 spiro atoms. The van der Waals surface area contributed by atoms with E-state index in [-0.39, 0.29) is 17.2 Å². The smallest absolute Gasteiger partial charge is 0.488 e. The zero-order chi connectivity index (χ0) is 21.2. The van der Waals surface area contributed by atoms with E-state index in [1.54, 1.807) is 0 Å². The predicted octanol–water partition coefficient (Wildman–Crippen LogP) is 2.42. The van der Waals surface area contributed by atoms with Gasteiger partial charge in [-0.2, -0.15) is 8.42 Å². The lowest BCUT2D eigenvalue weighted by Crippen LogP contribution is -2.05. The van der Waals surface area contributed by atoms with Crippen LogP contribution in [-0.4, -0.2) is 34.5 Å². The number of ether oxygens (including phenoxy) is 1. The van der Waals surface area contributed by atoms with Gasteiger partial charge in [0.1, 0.15) is 29.7 Å². The summed E-state index contributed by atoms with van der Waals surface area (Å²) < 4.78 is 71.9. The van der Waals surface area contributed by atoms with Crippen molar-refractivity contribution < 1.29 is 39.9 Å². The SMILES string of the molecule is O=C(O)c1cn(-c2cc(F)c(COc3ccc(OS(=O)(=O)F)cc3)c(F)c2)nn1. The molecule has 152 valence electrons. The van der Waals surface area contributed by atoms with Crippen molar-refractivity contribution in [3.63, 3.8) is 0 Å². The highest BCUT2D eigenvalue weighted by Crippen LogP contribution is 2.23. The third-order valence-corrected chi connectivity index (χ3v) is 3.90. The lowest BCUT2D eigenvalue weighted by atomic mass is 10.2. The van der Waals surface area contributed by atoms with E-state index in [2.05, 4.69) is 14.5 Å². The molecule has 0 aliphatic rings. The van der Waals surface area contributed by atoms with Crippen LogP contribution in [0.15, 0.2) is 42.6 Å². The van der Waals surface area contributed by atoms with E-state index in [0.717, 1.165) is 35.1 Å². The first kappa shape index (κ1) is 20.1. The van der Waals surface area contributed by atoms with Gasteiger partial charge >= 0.3 is 16.5 Å². The molecule has 1 N–H and O–H groups in total. The number of carbonyl (C=O) groups is 1. The lowest BCUT2D eigenvalue weighted by Gasteiger charge is -2.10.